The number of nitrogens with one attached hydrogen (secondary N) is 3. The van der Waals surface area contributed by atoms with Crippen LogP contribution in [-0.2, 0) is 25.6 Å². The summed E-state index contributed by atoms with van der Waals surface area (Å²) < 4.78 is 0. The van der Waals surface area contributed by atoms with Crippen molar-refractivity contribution in [2.24, 2.45) is 23.0 Å². The zero-order valence-corrected chi connectivity index (χ0v) is 28.1. The van der Waals surface area contributed by atoms with E-state index in [0.29, 0.717) is 25.8 Å². The fraction of sp³-hybridized carbons (Fsp3) is 0.686. The molecule has 5 amide bonds. The fourth-order valence-electron chi connectivity index (χ4n) is 6.27. The lowest BCUT2D eigenvalue weighted by Gasteiger charge is -2.37. The number of hydrogen-bond acceptors (Lipinski definition) is 5. The Bertz CT molecular complexity index is 1180. The Morgan fingerprint density at radius 3 is 2.07 bits per heavy atom. The summed E-state index contributed by atoms with van der Waals surface area (Å²) >= 11 is 0. The zero-order valence-electron chi connectivity index (χ0n) is 28.1. The van der Waals surface area contributed by atoms with E-state index >= 15 is 0 Å². The van der Waals surface area contributed by atoms with Crippen LogP contribution in [0.25, 0.3) is 0 Å². The van der Waals surface area contributed by atoms with Crippen LogP contribution in [0, 0.1) is 17.3 Å². The molecule has 10 nitrogen and oxygen atoms in total. The average Bonchev–Trinajstić information content (AvgIpc) is 3.43. The van der Waals surface area contributed by atoms with E-state index < -0.39 is 47.2 Å². The Hall–Kier alpha value is -3.43. The molecule has 3 unspecified atom stereocenters. The van der Waals surface area contributed by atoms with Crippen LogP contribution in [0.15, 0.2) is 30.3 Å². The van der Waals surface area contributed by atoms with E-state index in [9.17, 15) is 24.0 Å². The molecule has 0 bridgehead atoms. The molecule has 1 aromatic carbocycles. The lowest BCUT2D eigenvalue weighted by molar-refractivity contribution is -0.143. The number of urea groups is 1. The van der Waals surface area contributed by atoms with Gasteiger partial charge in [-0.25, -0.2) is 4.79 Å². The molecule has 2 saturated carbocycles. The summed E-state index contributed by atoms with van der Waals surface area (Å²) in [6.07, 6.45) is 7.80. The van der Waals surface area contributed by atoms with E-state index in [-0.39, 0.29) is 17.4 Å². The van der Waals surface area contributed by atoms with Gasteiger partial charge in [-0.3, -0.25) is 19.2 Å². The van der Waals surface area contributed by atoms with Gasteiger partial charge in [0.15, 0.2) is 0 Å². The standard InChI is InChI=1S/C31H45N5O5.C4H10/c1-30(2,3)25(34-29(41)35-31(15-7-8-16-31)19-21-10-5-4-6-11-21)28(40)36-17-9-12-23(36)27(39)33-22(18-20-13-14-20)24(37)26(32)38;1-4(2)3/h4-6,10-11,20,22-23,25H,7-9,12-19H2,1-3H3,(H2,32,38)(H,33,39)(H2,34,35,41);4H,1-3H3. The minimum Gasteiger partial charge on any atom is -0.363 e. The van der Waals surface area contributed by atoms with E-state index in [2.05, 4.69) is 48.9 Å². The van der Waals surface area contributed by atoms with Crippen LogP contribution in [-0.4, -0.2) is 64.6 Å². The van der Waals surface area contributed by atoms with Crippen LogP contribution >= 0.6 is 0 Å². The highest BCUT2D eigenvalue weighted by molar-refractivity contribution is 6.37. The first-order valence-corrected chi connectivity index (χ1v) is 16.7. The summed E-state index contributed by atoms with van der Waals surface area (Å²) in [5, 5.41) is 8.87. The molecule has 1 saturated heterocycles. The lowest BCUT2D eigenvalue weighted by Crippen LogP contribution is -2.62. The molecule has 1 aromatic rings. The van der Waals surface area contributed by atoms with E-state index in [1.807, 2.05) is 39.0 Å². The summed E-state index contributed by atoms with van der Waals surface area (Å²) in [4.78, 5) is 66.2. The predicted molar refractivity (Wildman–Crippen MR) is 175 cm³/mol. The molecule has 5 N–H and O–H groups in total. The summed E-state index contributed by atoms with van der Waals surface area (Å²) in [5.41, 5.74) is 5.38. The summed E-state index contributed by atoms with van der Waals surface area (Å²) in [7, 11) is 0. The van der Waals surface area contributed by atoms with Crippen LogP contribution < -0.4 is 21.7 Å². The fourth-order valence-corrected chi connectivity index (χ4v) is 6.27. The molecule has 1 heterocycles. The van der Waals surface area contributed by atoms with Crippen molar-refractivity contribution >= 4 is 29.5 Å². The van der Waals surface area contributed by atoms with Crippen molar-refractivity contribution in [3.05, 3.63) is 35.9 Å². The number of ketones is 1. The van der Waals surface area contributed by atoms with Crippen molar-refractivity contribution in [3.63, 3.8) is 0 Å². The second-order valence-electron chi connectivity index (χ2n) is 14.9. The third kappa shape index (κ3) is 10.9. The molecule has 2 aliphatic carbocycles. The topological polar surface area (TPSA) is 151 Å². The largest absolute Gasteiger partial charge is 0.363 e. The number of carbonyl (C=O) groups excluding carboxylic acids is 5. The van der Waals surface area contributed by atoms with Crippen LogP contribution in [0.1, 0.15) is 105 Å². The minimum atomic E-state index is -1.08. The van der Waals surface area contributed by atoms with Gasteiger partial charge in [0.25, 0.3) is 5.91 Å². The van der Waals surface area contributed by atoms with Crippen molar-refractivity contribution in [2.75, 3.05) is 6.54 Å². The van der Waals surface area contributed by atoms with Gasteiger partial charge in [0, 0.05) is 12.1 Å². The second-order valence-corrected chi connectivity index (χ2v) is 14.9. The number of nitrogens with two attached hydrogens (primary N) is 1. The van der Waals surface area contributed by atoms with Crippen LogP contribution in [0.3, 0.4) is 0 Å². The molecular weight excluding hydrogens is 570 g/mol. The third-order valence-corrected chi connectivity index (χ3v) is 8.69. The van der Waals surface area contributed by atoms with Gasteiger partial charge in [0.1, 0.15) is 12.1 Å². The van der Waals surface area contributed by atoms with Gasteiger partial charge in [-0.15, -0.1) is 0 Å². The quantitative estimate of drug-likeness (QED) is 0.271. The van der Waals surface area contributed by atoms with Gasteiger partial charge in [0.2, 0.25) is 17.6 Å². The normalized spacial score (nSPS) is 20.4. The van der Waals surface area contributed by atoms with Crippen LogP contribution in [0.5, 0.6) is 0 Å². The number of Topliss-reactive ketones (excluding diaryl/α,β-unsaturated/α-hetero) is 1. The number of nitrogens with zero attached hydrogens (tertiary/aromatic N) is 1. The van der Waals surface area contributed by atoms with Crippen molar-refractivity contribution in [2.45, 2.75) is 129 Å². The Kier molecular flexibility index (Phi) is 12.6. The summed E-state index contributed by atoms with van der Waals surface area (Å²) in [5.74, 6) is -1.59. The van der Waals surface area contributed by atoms with Gasteiger partial charge < -0.3 is 26.6 Å². The lowest BCUT2D eigenvalue weighted by atomic mass is 9.85. The minimum absolute atomic E-state index is 0.281. The maximum absolute atomic E-state index is 13.9. The number of benzene rings is 1. The first-order valence-electron chi connectivity index (χ1n) is 16.7. The molecule has 0 radical (unpaired) electrons. The first-order chi connectivity index (χ1) is 21.1. The number of hydrogen-bond donors (Lipinski definition) is 4. The maximum Gasteiger partial charge on any atom is 0.315 e. The van der Waals surface area contributed by atoms with E-state index in [4.69, 9.17) is 5.73 Å². The molecule has 45 heavy (non-hydrogen) atoms. The average molecular weight is 626 g/mol. The number of likely N-dealkylation sites (tertiary alicyclic amines) is 1. The van der Waals surface area contributed by atoms with Gasteiger partial charge >= 0.3 is 6.03 Å². The smallest absolute Gasteiger partial charge is 0.315 e. The van der Waals surface area contributed by atoms with E-state index in [0.717, 1.165) is 56.4 Å². The number of carbonyl (C=O) groups is 5. The molecule has 250 valence electrons. The van der Waals surface area contributed by atoms with Crippen LogP contribution in [0.2, 0.25) is 0 Å². The number of rotatable bonds is 11. The molecular formula is C35H55N5O5. The summed E-state index contributed by atoms with van der Waals surface area (Å²) in [6.45, 7) is 12.5. The zero-order chi connectivity index (χ0) is 33.4. The molecule has 3 aliphatic rings. The van der Waals surface area contributed by atoms with Gasteiger partial charge in [-0.2, -0.15) is 0 Å². The monoisotopic (exact) mass is 625 g/mol. The van der Waals surface area contributed by atoms with E-state index in [1.165, 1.54) is 4.90 Å². The Balaban J connectivity index is 0.00000130. The molecule has 10 heteroatoms. The number of primary amides is 1. The Morgan fingerprint density at radius 2 is 1.53 bits per heavy atom. The van der Waals surface area contributed by atoms with Crippen molar-refractivity contribution in [1.29, 1.82) is 0 Å². The van der Waals surface area contributed by atoms with Crippen molar-refractivity contribution < 1.29 is 24.0 Å². The highest BCUT2D eigenvalue weighted by Gasteiger charge is 2.44. The van der Waals surface area contributed by atoms with Crippen LogP contribution in [0.4, 0.5) is 4.79 Å². The predicted octanol–water partition coefficient (Wildman–Crippen LogP) is 4.25. The van der Waals surface area contributed by atoms with Crippen molar-refractivity contribution in [1.82, 2.24) is 20.9 Å². The van der Waals surface area contributed by atoms with Gasteiger partial charge in [0.05, 0.1) is 6.04 Å². The second kappa shape index (κ2) is 15.7. The SMILES string of the molecule is CC(C)(C)C(NC(=O)NC1(Cc2ccccc2)CCCC1)C(=O)N1CCCC1C(=O)NC(CC1CC1)C(=O)C(N)=O.CC(C)C. The molecule has 0 aromatic heterocycles. The Morgan fingerprint density at radius 1 is 0.933 bits per heavy atom. The Labute approximate surface area is 269 Å². The van der Waals surface area contributed by atoms with Crippen molar-refractivity contribution in [3.8, 4) is 0 Å². The highest BCUT2D eigenvalue weighted by atomic mass is 16.2. The molecule has 3 atom stereocenters. The summed E-state index contributed by atoms with van der Waals surface area (Å²) in [6, 6.07) is 7.03. The maximum atomic E-state index is 13.9. The first kappa shape index (κ1) is 36.0. The highest BCUT2D eigenvalue weighted by Crippen LogP contribution is 2.35. The van der Waals surface area contributed by atoms with Gasteiger partial charge in [-0.1, -0.05) is 97.6 Å². The third-order valence-electron chi connectivity index (χ3n) is 8.69. The molecule has 0 spiro atoms. The molecule has 4 rings (SSSR count). The molecule has 3 fully saturated rings. The van der Waals surface area contributed by atoms with Gasteiger partial charge in [-0.05, 0) is 61.3 Å². The number of amides is 5. The molecule has 1 aliphatic heterocycles. The van der Waals surface area contributed by atoms with E-state index in [1.54, 1.807) is 0 Å².